The summed E-state index contributed by atoms with van der Waals surface area (Å²) in [7, 11) is 0. The fourth-order valence-electron chi connectivity index (χ4n) is 1.96. The Kier molecular flexibility index (Phi) is 3.97. The lowest BCUT2D eigenvalue weighted by Crippen LogP contribution is -2.02. The van der Waals surface area contributed by atoms with E-state index in [-0.39, 0.29) is 0 Å². The minimum atomic E-state index is 0.322. The highest BCUT2D eigenvalue weighted by molar-refractivity contribution is 5.79. The largest absolute Gasteiger partial charge is 0.392 e. The molecule has 16 heavy (non-hydrogen) atoms. The molecule has 2 heteroatoms. The Hall–Kier alpha value is -1.31. The van der Waals surface area contributed by atoms with Gasteiger partial charge >= 0.3 is 0 Å². The molecular weight excluding hydrogens is 198 g/mol. The van der Waals surface area contributed by atoms with E-state index < -0.39 is 0 Å². The fraction of sp³-hybridized carbons (Fsp3) is 0.500. The van der Waals surface area contributed by atoms with Crippen LogP contribution in [-0.2, 0) is 11.3 Å². The first-order valence-electron chi connectivity index (χ1n) is 6.09. The smallest absolute Gasteiger partial charge is 0.139 e. The number of hydrogen-bond donors (Lipinski definition) is 0. The zero-order valence-corrected chi connectivity index (χ0v) is 9.78. The minimum absolute atomic E-state index is 0.322. The topological polar surface area (TPSA) is 21.6 Å². The van der Waals surface area contributed by atoms with Crippen LogP contribution in [0.15, 0.2) is 29.4 Å². The average Bonchev–Trinajstić information content (AvgIpc) is 2.83. The van der Waals surface area contributed by atoms with Gasteiger partial charge in [-0.25, -0.2) is 0 Å². The molecule has 0 amide bonds. The number of benzene rings is 1. The van der Waals surface area contributed by atoms with Crippen molar-refractivity contribution in [3.63, 3.8) is 0 Å². The summed E-state index contributed by atoms with van der Waals surface area (Å²) in [5.41, 5.74) is 2.32. The second-order valence-corrected chi connectivity index (χ2v) is 4.27. The quantitative estimate of drug-likeness (QED) is 0.558. The molecular formula is C14H18NO. The van der Waals surface area contributed by atoms with E-state index in [2.05, 4.69) is 30.4 Å². The third-order valence-corrected chi connectivity index (χ3v) is 3.04. The standard InChI is InChI=1S/C14H18NO/c1-2-12-7-9-13(10-8-12)11-15-16-14-5-3-4-6-14/h7-10,14H,2-6H2,1H3. The van der Waals surface area contributed by atoms with Gasteiger partial charge in [0.2, 0.25) is 0 Å². The van der Waals surface area contributed by atoms with Crippen molar-refractivity contribution in [2.24, 2.45) is 5.16 Å². The van der Waals surface area contributed by atoms with Gasteiger partial charge in [0, 0.05) is 5.56 Å². The summed E-state index contributed by atoms with van der Waals surface area (Å²) in [5, 5.41) is 3.93. The van der Waals surface area contributed by atoms with E-state index >= 15 is 0 Å². The molecule has 1 fully saturated rings. The van der Waals surface area contributed by atoms with Gasteiger partial charge in [0.25, 0.3) is 0 Å². The molecule has 1 aromatic carbocycles. The molecule has 1 radical (unpaired) electrons. The predicted octanol–water partition coefficient (Wildman–Crippen LogP) is 3.42. The molecule has 0 N–H and O–H groups in total. The van der Waals surface area contributed by atoms with Crippen LogP contribution in [0, 0.1) is 0 Å². The van der Waals surface area contributed by atoms with Gasteiger partial charge in [0.15, 0.2) is 0 Å². The van der Waals surface area contributed by atoms with Crippen molar-refractivity contribution < 1.29 is 4.84 Å². The predicted molar refractivity (Wildman–Crippen MR) is 65.7 cm³/mol. The van der Waals surface area contributed by atoms with Gasteiger partial charge in [-0.2, -0.15) is 0 Å². The van der Waals surface area contributed by atoms with Crippen molar-refractivity contribution in [3.8, 4) is 0 Å². The molecule has 0 heterocycles. The maximum absolute atomic E-state index is 5.38. The molecule has 1 aromatic rings. The van der Waals surface area contributed by atoms with Crippen LogP contribution >= 0.6 is 0 Å². The Morgan fingerprint density at radius 2 is 1.94 bits per heavy atom. The summed E-state index contributed by atoms with van der Waals surface area (Å²) < 4.78 is 0. The van der Waals surface area contributed by atoms with Gasteiger partial charge in [-0.15, -0.1) is 0 Å². The maximum Gasteiger partial charge on any atom is 0.139 e. The van der Waals surface area contributed by atoms with Crippen molar-refractivity contribution in [1.29, 1.82) is 0 Å². The molecule has 0 aliphatic heterocycles. The molecule has 0 bridgehead atoms. The molecule has 0 spiro atoms. The molecule has 0 atom stereocenters. The Morgan fingerprint density at radius 3 is 2.56 bits per heavy atom. The lowest BCUT2D eigenvalue weighted by Gasteiger charge is -2.04. The summed E-state index contributed by atoms with van der Waals surface area (Å²) >= 11 is 0. The lowest BCUT2D eigenvalue weighted by molar-refractivity contribution is 0.0657. The minimum Gasteiger partial charge on any atom is -0.392 e. The highest BCUT2D eigenvalue weighted by Gasteiger charge is 2.15. The average molecular weight is 216 g/mol. The van der Waals surface area contributed by atoms with Crippen LogP contribution < -0.4 is 0 Å². The van der Waals surface area contributed by atoms with Gasteiger partial charge in [-0.3, -0.25) is 0 Å². The molecule has 0 aromatic heterocycles. The first-order valence-corrected chi connectivity index (χ1v) is 6.09. The van der Waals surface area contributed by atoms with E-state index in [1.165, 1.54) is 18.4 Å². The van der Waals surface area contributed by atoms with Crippen LogP contribution in [0.3, 0.4) is 0 Å². The van der Waals surface area contributed by atoms with Crippen molar-refractivity contribution >= 4 is 6.21 Å². The molecule has 2 rings (SSSR count). The molecule has 85 valence electrons. The SMILES string of the molecule is CCc1ccc(/[C]=N/OC2CCCC2)cc1. The zero-order valence-electron chi connectivity index (χ0n) is 9.78. The summed E-state index contributed by atoms with van der Waals surface area (Å²) in [6.45, 7) is 2.15. The highest BCUT2D eigenvalue weighted by atomic mass is 16.6. The molecule has 1 aliphatic carbocycles. The monoisotopic (exact) mass is 216 g/mol. The molecule has 0 saturated heterocycles. The molecule has 0 unspecified atom stereocenters. The number of aryl methyl sites for hydroxylation is 1. The van der Waals surface area contributed by atoms with Crippen molar-refractivity contribution in [2.75, 3.05) is 0 Å². The zero-order chi connectivity index (χ0) is 11.2. The van der Waals surface area contributed by atoms with Crippen molar-refractivity contribution in [3.05, 3.63) is 35.4 Å². The number of rotatable bonds is 4. The van der Waals surface area contributed by atoms with E-state index in [4.69, 9.17) is 4.84 Å². The number of nitrogens with zero attached hydrogens (tertiary/aromatic N) is 1. The summed E-state index contributed by atoms with van der Waals surface area (Å²) in [6.07, 6.45) is 9.13. The molecule has 2 nitrogen and oxygen atoms in total. The van der Waals surface area contributed by atoms with Gasteiger partial charge in [-0.05, 0) is 37.7 Å². The summed E-state index contributed by atoms with van der Waals surface area (Å²) in [5.74, 6) is 0. The van der Waals surface area contributed by atoms with Crippen LogP contribution in [0.25, 0.3) is 0 Å². The third-order valence-electron chi connectivity index (χ3n) is 3.04. The Balaban J connectivity index is 1.84. The fourth-order valence-corrected chi connectivity index (χ4v) is 1.96. The third kappa shape index (κ3) is 3.09. The second-order valence-electron chi connectivity index (χ2n) is 4.27. The first kappa shape index (κ1) is 11.2. The van der Waals surface area contributed by atoms with Crippen molar-refractivity contribution in [1.82, 2.24) is 0 Å². The van der Waals surface area contributed by atoms with Crippen molar-refractivity contribution in [2.45, 2.75) is 45.1 Å². The van der Waals surface area contributed by atoms with Crippen LogP contribution in [-0.4, -0.2) is 12.3 Å². The Labute approximate surface area is 97.3 Å². The first-order chi connectivity index (χ1) is 7.88. The van der Waals surface area contributed by atoms with E-state index in [1.807, 2.05) is 12.1 Å². The Morgan fingerprint density at radius 1 is 1.25 bits per heavy atom. The van der Waals surface area contributed by atoms with Crippen LogP contribution in [0.2, 0.25) is 0 Å². The van der Waals surface area contributed by atoms with Gasteiger partial charge in [-0.1, -0.05) is 36.3 Å². The molecule has 1 saturated carbocycles. The van der Waals surface area contributed by atoms with Gasteiger partial charge in [0.05, 0.1) is 0 Å². The Bertz CT molecular complexity index is 336. The number of hydrogen-bond acceptors (Lipinski definition) is 2. The maximum atomic E-state index is 5.38. The van der Waals surface area contributed by atoms with Crippen LogP contribution in [0.4, 0.5) is 0 Å². The lowest BCUT2D eigenvalue weighted by atomic mass is 10.1. The summed E-state index contributed by atoms with van der Waals surface area (Å²) in [4.78, 5) is 5.38. The van der Waals surface area contributed by atoms with Gasteiger partial charge in [0.1, 0.15) is 12.3 Å². The van der Waals surface area contributed by atoms with Gasteiger partial charge < -0.3 is 4.84 Å². The van der Waals surface area contributed by atoms with E-state index in [0.717, 1.165) is 24.8 Å². The molecule has 1 aliphatic rings. The van der Waals surface area contributed by atoms with E-state index in [0.29, 0.717) is 6.10 Å². The van der Waals surface area contributed by atoms with E-state index in [9.17, 15) is 0 Å². The van der Waals surface area contributed by atoms with Crippen LogP contribution in [0.1, 0.15) is 43.7 Å². The van der Waals surface area contributed by atoms with E-state index in [1.54, 1.807) is 0 Å². The summed E-state index contributed by atoms with van der Waals surface area (Å²) in [6, 6.07) is 8.27. The van der Waals surface area contributed by atoms with Crippen LogP contribution in [0.5, 0.6) is 0 Å². The normalized spacial score (nSPS) is 17.1. The highest BCUT2D eigenvalue weighted by Crippen LogP contribution is 2.20. The second kappa shape index (κ2) is 5.69.